The van der Waals surface area contributed by atoms with Crippen LogP contribution in [0.15, 0.2) is 137 Å². The van der Waals surface area contributed by atoms with Gasteiger partial charge in [0.2, 0.25) is 6.33 Å². The molecule has 0 aliphatic heterocycles. The van der Waals surface area contributed by atoms with Crippen molar-refractivity contribution >= 4 is 34.3 Å². The normalized spacial score (nSPS) is 11.5. The lowest BCUT2D eigenvalue weighted by Gasteiger charge is -2.22. The van der Waals surface area contributed by atoms with Gasteiger partial charge in [0.05, 0.1) is 49.8 Å². The Morgan fingerprint density at radius 2 is 1.31 bits per heavy atom. The Morgan fingerprint density at radius 3 is 2.02 bits per heavy atom. The summed E-state index contributed by atoms with van der Waals surface area (Å²) >= 11 is 0. The van der Waals surface area contributed by atoms with Gasteiger partial charge >= 0.3 is 5.82 Å². The molecule has 0 atom stereocenters. The lowest BCUT2D eigenvalue weighted by atomic mass is 10.2. The maximum absolute atomic E-state index is 9.30. The average Bonchev–Trinajstić information content (AvgIpc) is 3.58. The number of imidazole rings is 1. The van der Waals surface area contributed by atoms with E-state index >= 15 is 0 Å². The smallest absolute Gasteiger partial charge is 0.350 e. The SMILES string of the molecule is CN(C)c1ccc(/N=N/c2ccc[n+](CCC[n+]3ccn(CCC[n+]4ccccc4/N=N/c4ccc(N(CCO)CCO)cc4)c3)c2)cc1. The van der Waals surface area contributed by atoms with E-state index in [0.29, 0.717) is 13.1 Å². The predicted octanol–water partition coefficient (Wildman–Crippen LogP) is 5.22. The van der Waals surface area contributed by atoms with Crippen LogP contribution in [0.5, 0.6) is 0 Å². The highest BCUT2D eigenvalue weighted by molar-refractivity contribution is 5.53. The summed E-state index contributed by atoms with van der Waals surface area (Å²) in [5.41, 5.74) is 4.45. The molecule has 0 bridgehead atoms. The number of pyridine rings is 2. The molecule has 3 heterocycles. The molecule has 0 amide bonds. The van der Waals surface area contributed by atoms with Crippen LogP contribution < -0.4 is 23.5 Å². The van der Waals surface area contributed by atoms with E-state index in [-0.39, 0.29) is 13.2 Å². The van der Waals surface area contributed by atoms with Crippen molar-refractivity contribution < 1.29 is 23.9 Å². The first kappa shape index (κ1) is 35.0. The third kappa shape index (κ3) is 10.8. The zero-order chi connectivity index (χ0) is 34.3. The Morgan fingerprint density at radius 1 is 0.633 bits per heavy atom. The number of nitrogens with zero attached hydrogens (tertiary/aromatic N) is 10. The molecule has 254 valence electrons. The van der Waals surface area contributed by atoms with E-state index < -0.39 is 0 Å². The molecular formula is C37H47N10O2+3. The van der Waals surface area contributed by atoms with Gasteiger partial charge < -0.3 is 20.0 Å². The predicted molar refractivity (Wildman–Crippen MR) is 189 cm³/mol. The fraction of sp³-hybridized carbons (Fsp3) is 0.324. The summed E-state index contributed by atoms with van der Waals surface area (Å²) in [6, 6.07) is 25.6. The molecule has 2 N–H and O–H groups in total. The van der Waals surface area contributed by atoms with Crippen LogP contribution in [0.3, 0.4) is 0 Å². The summed E-state index contributed by atoms with van der Waals surface area (Å²) in [5.74, 6) is 0.790. The highest BCUT2D eigenvalue weighted by atomic mass is 16.3. The van der Waals surface area contributed by atoms with Gasteiger partial charge in [-0.1, -0.05) is 6.07 Å². The van der Waals surface area contributed by atoms with Crippen molar-refractivity contribution in [1.29, 1.82) is 0 Å². The average molecular weight is 664 g/mol. The largest absolute Gasteiger partial charge is 0.395 e. The lowest BCUT2D eigenvalue weighted by molar-refractivity contribution is -0.726. The van der Waals surface area contributed by atoms with Crippen LogP contribution in [0.25, 0.3) is 0 Å². The fourth-order valence-electron chi connectivity index (χ4n) is 5.40. The Bertz CT molecular complexity index is 1780. The second-order valence-corrected chi connectivity index (χ2v) is 11.9. The molecule has 12 nitrogen and oxygen atoms in total. The van der Waals surface area contributed by atoms with Crippen LogP contribution >= 0.6 is 0 Å². The Balaban J connectivity index is 1.07. The fourth-order valence-corrected chi connectivity index (χ4v) is 5.40. The highest BCUT2D eigenvalue weighted by Crippen LogP contribution is 2.22. The lowest BCUT2D eigenvalue weighted by Crippen LogP contribution is -2.37. The van der Waals surface area contributed by atoms with Crippen molar-refractivity contribution in [2.45, 2.75) is 39.0 Å². The molecule has 0 unspecified atom stereocenters. The molecule has 0 fully saturated rings. The first-order chi connectivity index (χ1) is 24.0. The topological polar surface area (TPSA) is 113 Å². The number of aromatic nitrogens is 4. The molecule has 0 aliphatic carbocycles. The van der Waals surface area contributed by atoms with Gasteiger partial charge in [-0.15, -0.1) is 5.11 Å². The van der Waals surface area contributed by atoms with E-state index in [1.54, 1.807) is 0 Å². The number of azo groups is 2. The van der Waals surface area contributed by atoms with Crippen LogP contribution in [-0.4, -0.2) is 55.2 Å². The van der Waals surface area contributed by atoms with Crippen LogP contribution in [0.4, 0.5) is 34.3 Å². The minimum absolute atomic E-state index is 0.0264. The molecule has 0 saturated heterocycles. The van der Waals surface area contributed by atoms with Crippen molar-refractivity contribution in [2.24, 2.45) is 20.5 Å². The first-order valence-corrected chi connectivity index (χ1v) is 16.7. The monoisotopic (exact) mass is 663 g/mol. The zero-order valence-corrected chi connectivity index (χ0v) is 28.4. The number of aliphatic hydroxyl groups is 2. The van der Waals surface area contributed by atoms with Gasteiger partial charge in [0.15, 0.2) is 18.9 Å². The summed E-state index contributed by atoms with van der Waals surface area (Å²) in [7, 11) is 4.04. The van der Waals surface area contributed by atoms with Crippen LogP contribution in [0.2, 0.25) is 0 Å². The number of aryl methyl sites for hydroxylation is 4. The van der Waals surface area contributed by atoms with Crippen molar-refractivity contribution in [1.82, 2.24) is 4.57 Å². The van der Waals surface area contributed by atoms with Gasteiger partial charge in [-0.3, -0.25) is 0 Å². The molecule has 49 heavy (non-hydrogen) atoms. The van der Waals surface area contributed by atoms with Gasteiger partial charge in [-0.2, -0.15) is 5.11 Å². The van der Waals surface area contributed by atoms with Crippen molar-refractivity contribution in [3.05, 3.63) is 116 Å². The quantitative estimate of drug-likeness (QED) is 0.0989. The number of aliphatic hydroxyl groups excluding tert-OH is 2. The van der Waals surface area contributed by atoms with Gasteiger partial charge in [-0.25, -0.2) is 18.3 Å². The molecule has 5 aromatic rings. The van der Waals surface area contributed by atoms with Gasteiger partial charge in [-0.05, 0) is 65.8 Å². The number of hydrogen-bond donors (Lipinski definition) is 2. The second-order valence-electron chi connectivity index (χ2n) is 11.9. The maximum atomic E-state index is 9.30. The van der Waals surface area contributed by atoms with Crippen molar-refractivity contribution in [2.75, 3.05) is 50.2 Å². The molecule has 0 aliphatic rings. The molecule has 0 saturated carbocycles. The Labute approximate surface area is 288 Å². The van der Waals surface area contributed by atoms with Crippen molar-refractivity contribution in [3.8, 4) is 0 Å². The number of anilines is 2. The van der Waals surface area contributed by atoms with Crippen molar-refractivity contribution in [3.63, 3.8) is 0 Å². The summed E-state index contributed by atoms with van der Waals surface area (Å²) in [5, 5.41) is 36.4. The molecule has 0 spiro atoms. The van der Waals surface area contributed by atoms with E-state index in [1.165, 1.54) is 0 Å². The minimum Gasteiger partial charge on any atom is -0.395 e. The third-order valence-corrected chi connectivity index (χ3v) is 8.02. The van der Waals surface area contributed by atoms with E-state index in [2.05, 4.69) is 68.5 Å². The molecule has 3 aromatic heterocycles. The summed E-state index contributed by atoms with van der Waals surface area (Å²) in [4.78, 5) is 3.99. The van der Waals surface area contributed by atoms with E-state index in [9.17, 15) is 10.2 Å². The summed E-state index contributed by atoms with van der Waals surface area (Å²) in [6.07, 6.45) is 14.5. The Kier molecular flexibility index (Phi) is 13.1. The second kappa shape index (κ2) is 18.3. The van der Waals surface area contributed by atoms with E-state index in [4.69, 9.17) is 0 Å². The van der Waals surface area contributed by atoms with Crippen LogP contribution in [-0.2, 0) is 26.2 Å². The number of rotatable bonds is 18. The standard InChI is InChI=1S/C37H47N10O2/c1-42(2)35-14-10-32(11-15-35)38-40-34-8-5-18-43(30-34)19-6-20-44-24-25-45(31-44)21-7-23-47-22-4-3-9-37(47)41-39-33-12-16-36(17-13-33)46(26-28-48)27-29-49/h3-5,8-18,22,24-25,30-31,48-49H,6-7,19-21,23,26-29H2,1-2H3/q+3/b40-38+. The minimum atomic E-state index is 0.0264. The van der Waals surface area contributed by atoms with Crippen LogP contribution in [0.1, 0.15) is 12.8 Å². The molecule has 2 aromatic carbocycles. The molecule has 0 radical (unpaired) electrons. The molecular weight excluding hydrogens is 616 g/mol. The molecule has 12 heteroatoms. The number of benzene rings is 2. The zero-order valence-electron chi connectivity index (χ0n) is 28.4. The maximum Gasteiger partial charge on any atom is 0.350 e. The summed E-state index contributed by atoms with van der Waals surface area (Å²) < 4.78 is 8.73. The van der Waals surface area contributed by atoms with Crippen LogP contribution in [0, 0.1) is 0 Å². The van der Waals surface area contributed by atoms with Gasteiger partial charge in [0.1, 0.15) is 23.8 Å². The van der Waals surface area contributed by atoms with Gasteiger partial charge in [0, 0.05) is 63.5 Å². The molecule has 5 rings (SSSR count). The summed E-state index contributed by atoms with van der Waals surface area (Å²) in [6.45, 7) is 4.50. The Hall–Kier alpha value is -5.33. The first-order valence-electron chi connectivity index (χ1n) is 16.7. The van der Waals surface area contributed by atoms with E-state index in [0.717, 1.165) is 73.3 Å². The highest BCUT2D eigenvalue weighted by Gasteiger charge is 2.12. The van der Waals surface area contributed by atoms with Gasteiger partial charge in [0.25, 0.3) is 0 Å². The number of hydrogen-bond acceptors (Lipinski definition) is 8. The van der Waals surface area contributed by atoms with E-state index in [1.807, 2.05) is 110 Å². The third-order valence-electron chi connectivity index (χ3n) is 8.02.